The predicted molar refractivity (Wildman–Crippen MR) is 45.8 cm³/mol. The van der Waals surface area contributed by atoms with Crippen LogP contribution in [-0.4, -0.2) is 0 Å². The maximum atomic E-state index is 3.91. The largest absolute Gasteiger partial charge is 0.0915 e. The molecule has 0 aromatic rings. The van der Waals surface area contributed by atoms with Gasteiger partial charge in [-0.1, -0.05) is 38.7 Å². The summed E-state index contributed by atoms with van der Waals surface area (Å²) < 4.78 is 0. The summed E-state index contributed by atoms with van der Waals surface area (Å²) in [6, 6.07) is 0. The fourth-order valence-electron chi connectivity index (χ4n) is 1.15. The number of hydrogen-bond donors (Lipinski definition) is 0. The van der Waals surface area contributed by atoms with Crippen molar-refractivity contribution in [3.8, 4) is 0 Å². The maximum Gasteiger partial charge on any atom is 0.00136 e. The van der Waals surface area contributed by atoms with Crippen molar-refractivity contribution in [2.24, 2.45) is 5.41 Å². The van der Waals surface area contributed by atoms with Gasteiger partial charge in [0.2, 0.25) is 0 Å². The molecule has 0 saturated carbocycles. The molecule has 1 aliphatic carbocycles. The molecule has 10 heavy (non-hydrogen) atoms. The third-order valence-corrected chi connectivity index (χ3v) is 1.81. The van der Waals surface area contributed by atoms with Crippen LogP contribution in [0.3, 0.4) is 0 Å². The molecule has 0 aromatic carbocycles. The van der Waals surface area contributed by atoms with E-state index in [1.807, 2.05) is 0 Å². The Bertz CT molecular complexity index is 214. The molecule has 1 rings (SSSR count). The van der Waals surface area contributed by atoms with E-state index in [4.69, 9.17) is 0 Å². The summed E-state index contributed by atoms with van der Waals surface area (Å²) in [6.07, 6.45) is 6.52. The highest BCUT2D eigenvalue weighted by molar-refractivity contribution is 5.42. The number of allylic oxidation sites excluding steroid dienone is 5. The fourth-order valence-corrected chi connectivity index (χ4v) is 1.15. The van der Waals surface area contributed by atoms with E-state index in [1.54, 1.807) is 0 Å². The summed E-state index contributed by atoms with van der Waals surface area (Å²) in [5, 5.41) is 0. The lowest BCUT2D eigenvalue weighted by atomic mass is 9.84. The van der Waals surface area contributed by atoms with Gasteiger partial charge in [0.1, 0.15) is 0 Å². The molecule has 0 amide bonds. The number of hydrogen-bond acceptors (Lipinski definition) is 0. The van der Waals surface area contributed by atoms with Crippen molar-refractivity contribution in [1.29, 1.82) is 0 Å². The fraction of sp³-hybridized carbons (Fsp3) is 0.400. The van der Waals surface area contributed by atoms with Gasteiger partial charge in [-0.25, -0.2) is 0 Å². The van der Waals surface area contributed by atoms with Gasteiger partial charge in [-0.15, -0.1) is 0 Å². The molecular weight excluding hydrogens is 120 g/mol. The molecule has 0 spiro atoms. The standard InChI is InChI=1S/C10H14/c1-8-5-6-10(3,4)7-9(8)2/h5-7H,1H2,2-4H3. The van der Waals surface area contributed by atoms with Crippen LogP contribution in [0.1, 0.15) is 20.8 Å². The van der Waals surface area contributed by atoms with Crippen LogP contribution in [0.2, 0.25) is 0 Å². The Morgan fingerprint density at radius 2 is 2.00 bits per heavy atom. The van der Waals surface area contributed by atoms with E-state index in [0.29, 0.717) is 0 Å². The SMILES string of the molecule is C=C1C=CC(C)(C)C=C1C. The second kappa shape index (κ2) is 2.12. The van der Waals surface area contributed by atoms with Crippen molar-refractivity contribution in [3.05, 3.63) is 36.0 Å². The molecule has 0 bridgehead atoms. The van der Waals surface area contributed by atoms with Gasteiger partial charge >= 0.3 is 0 Å². The van der Waals surface area contributed by atoms with Crippen LogP contribution in [-0.2, 0) is 0 Å². The van der Waals surface area contributed by atoms with Gasteiger partial charge in [-0.3, -0.25) is 0 Å². The summed E-state index contributed by atoms with van der Waals surface area (Å²) in [5.74, 6) is 0. The molecule has 0 aliphatic heterocycles. The Hall–Kier alpha value is -0.780. The molecular formula is C10H14. The highest BCUT2D eigenvalue weighted by Crippen LogP contribution is 2.28. The van der Waals surface area contributed by atoms with E-state index in [2.05, 4.69) is 45.6 Å². The summed E-state index contributed by atoms with van der Waals surface area (Å²) in [7, 11) is 0. The minimum atomic E-state index is 0.227. The van der Waals surface area contributed by atoms with Crippen LogP contribution in [0.4, 0.5) is 0 Å². The van der Waals surface area contributed by atoms with Crippen molar-refractivity contribution in [2.75, 3.05) is 0 Å². The summed E-state index contributed by atoms with van der Waals surface area (Å²) in [4.78, 5) is 0. The van der Waals surface area contributed by atoms with Gasteiger partial charge in [-0.05, 0) is 18.1 Å². The van der Waals surface area contributed by atoms with Crippen LogP contribution < -0.4 is 0 Å². The number of rotatable bonds is 0. The van der Waals surface area contributed by atoms with E-state index < -0.39 is 0 Å². The second-order valence-electron chi connectivity index (χ2n) is 3.51. The molecule has 0 atom stereocenters. The molecule has 0 radical (unpaired) electrons. The van der Waals surface area contributed by atoms with Gasteiger partial charge < -0.3 is 0 Å². The Kier molecular flexibility index (Phi) is 1.55. The van der Waals surface area contributed by atoms with Gasteiger partial charge in [-0.2, -0.15) is 0 Å². The van der Waals surface area contributed by atoms with E-state index in [9.17, 15) is 0 Å². The van der Waals surface area contributed by atoms with E-state index >= 15 is 0 Å². The smallest absolute Gasteiger partial charge is 0.00136 e. The minimum absolute atomic E-state index is 0.227. The molecule has 54 valence electrons. The molecule has 0 heteroatoms. The first-order valence-corrected chi connectivity index (χ1v) is 3.59. The summed E-state index contributed by atoms with van der Waals surface area (Å²) in [6.45, 7) is 10.4. The molecule has 1 aliphatic rings. The Labute approximate surface area is 62.9 Å². The molecule has 0 heterocycles. The van der Waals surface area contributed by atoms with Gasteiger partial charge in [0.25, 0.3) is 0 Å². The summed E-state index contributed by atoms with van der Waals surface area (Å²) in [5.41, 5.74) is 2.66. The van der Waals surface area contributed by atoms with Crippen molar-refractivity contribution < 1.29 is 0 Å². The predicted octanol–water partition coefficient (Wildman–Crippen LogP) is 3.08. The lowest BCUT2D eigenvalue weighted by Crippen LogP contribution is -2.07. The lowest BCUT2D eigenvalue weighted by Gasteiger charge is -2.21. The molecule has 0 saturated heterocycles. The zero-order valence-electron chi connectivity index (χ0n) is 6.94. The molecule has 0 nitrogen and oxygen atoms in total. The van der Waals surface area contributed by atoms with Crippen LogP contribution in [0.5, 0.6) is 0 Å². The highest BCUT2D eigenvalue weighted by Gasteiger charge is 2.14. The first-order chi connectivity index (χ1) is 4.51. The normalized spacial score (nSPS) is 22.7. The Morgan fingerprint density at radius 1 is 1.40 bits per heavy atom. The average molecular weight is 134 g/mol. The lowest BCUT2D eigenvalue weighted by molar-refractivity contribution is 0.616. The zero-order chi connectivity index (χ0) is 7.78. The molecule has 0 aromatic heterocycles. The highest BCUT2D eigenvalue weighted by atomic mass is 14.2. The van der Waals surface area contributed by atoms with E-state index in [0.717, 1.165) is 5.57 Å². The van der Waals surface area contributed by atoms with Crippen molar-refractivity contribution >= 4 is 0 Å². The minimum Gasteiger partial charge on any atom is -0.0915 e. The van der Waals surface area contributed by atoms with Gasteiger partial charge in [0, 0.05) is 5.41 Å². The third kappa shape index (κ3) is 1.38. The van der Waals surface area contributed by atoms with Crippen molar-refractivity contribution in [1.82, 2.24) is 0 Å². The van der Waals surface area contributed by atoms with Gasteiger partial charge in [0.05, 0.1) is 0 Å². The van der Waals surface area contributed by atoms with Crippen LogP contribution in [0.25, 0.3) is 0 Å². The van der Waals surface area contributed by atoms with E-state index in [-0.39, 0.29) is 5.41 Å². The topological polar surface area (TPSA) is 0 Å². The second-order valence-corrected chi connectivity index (χ2v) is 3.51. The molecule has 0 N–H and O–H groups in total. The third-order valence-electron chi connectivity index (χ3n) is 1.81. The van der Waals surface area contributed by atoms with E-state index in [1.165, 1.54) is 5.57 Å². The first-order valence-electron chi connectivity index (χ1n) is 3.59. The van der Waals surface area contributed by atoms with Crippen LogP contribution >= 0.6 is 0 Å². The molecule has 0 unspecified atom stereocenters. The maximum absolute atomic E-state index is 3.91. The monoisotopic (exact) mass is 134 g/mol. The quantitative estimate of drug-likeness (QED) is 0.477. The summed E-state index contributed by atoms with van der Waals surface area (Å²) >= 11 is 0. The zero-order valence-corrected chi connectivity index (χ0v) is 6.94. The van der Waals surface area contributed by atoms with Crippen LogP contribution in [0.15, 0.2) is 36.0 Å². The van der Waals surface area contributed by atoms with Crippen LogP contribution in [0, 0.1) is 5.41 Å². The average Bonchev–Trinajstić information content (AvgIpc) is 1.79. The molecule has 0 fully saturated rings. The first kappa shape index (κ1) is 7.33. The van der Waals surface area contributed by atoms with Gasteiger partial charge in [0.15, 0.2) is 0 Å². The van der Waals surface area contributed by atoms with Crippen molar-refractivity contribution in [2.45, 2.75) is 20.8 Å². The Morgan fingerprint density at radius 3 is 2.40 bits per heavy atom. The Balaban J connectivity index is 2.95. The van der Waals surface area contributed by atoms with Crippen molar-refractivity contribution in [3.63, 3.8) is 0 Å².